The van der Waals surface area contributed by atoms with Crippen molar-refractivity contribution in [3.8, 4) is 11.4 Å². The van der Waals surface area contributed by atoms with Crippen LogP contribution in [0.1, 0.15) is 0 Å². The van der Waals surface area contributed by atoms with E-state index in [1.807, 2.05) is 0 Å². The summed E-state index contributed by atoms with van der Waals surface area (Å²) >= 11 is 0. The van der Waals surface area contributed by atoms with Gasteiger partial charge in [0.25, 0.3) is 0 Å². The van der Waals surface area contributed by atoms with Gasteiger partial charge >= 0.3 is 0 Å². The molecule has 0 fully saturated rings. The molecule has 0 saturated heterocycles. The first-order valence-electron chi connectivity index (χ1n) is 4.15. The highest BCUT2D eigenvalue weighted by molar-refractivity contribution is 5.56. The Morgan fingerprint density at radius 3 is 3.00 bits per heavy atom. The van der Waals surface area contributed by atoms with Crippen LogP contribution in [0.25, 0.3) is 11.4 Å². The minimum Gasteiger partial charge on any atom is -0.360 e. The number of halogens is 1. The third kappa shape index (κ3) is 1.44. The number of aromatic nitrogens is 3. The lowest BCUT2D eigenvalue weighted by atomic mass is 10.3. The zero-order valence-corrected chi connectivity index (χ0v) is 7.58. The van der Waals surface area contributed by atoms with E-state index in [0.717, 1.165) is 6.20 Å². The quantitative estimate of drug-likeness (QED) is 0.760. The van der Waals surface area contributed by atoms with Gasteiger partial charge in [-0.2, -0.15) is 0 Å². The number of hydrogen-bond acceptors (Lipinski definition) is 3. The average molecular weight is 192 g/mol. The fourth-order valence-electron chi connectivity index (χ4n) is 1.15. The molecule has 0 spiro atoms. The number of nitrogens with one attached hydrogen (secondary N) is 2. The van der Waals surface area contributed by atoms with E-state index in [2.05, 4.69) is 20.3 Å². The van der Waals surface area contributed by atoms with Gasteiger partial charge in [-0.15, -0.1) is 0 Å². The molecule has 72 valence electrons. The molecular formula is C9H9FN4. The lowest BCUT2D eigenvalue weighted by Crippen LogP contribution is -1.99. The maximum Gasteiger partial charge on any atom is 0.223 e. The van der Waals surface area contributed by atoms with E-state index in [0.29, 0.717) is 11.6 Å². The first kappa shape index (κ1) is 8.68. The summed E-state index contributed by atoms with van der Waals surface area (Å²) in [6, 6.07) is 3.54. The van der Waals surface area contributed by atoms with E-state index in [1.54, 1.807) is 25.4 Å². The van der Waals surface area contributed by atoms with Crippen LogP contribution in [0.4, 0.5) is 10.3 Å². The van der Waals surface area contributed by atoms with Crippen molar-refractivity contribution in [2.75, 3.05) is 12.4 Å². The lowest BCUT2D eigenvalue weighted by molar-refractivity contribution is 0.618. The van der Waals surface area contributed by atoms with Crippen LogP contribution in [0, 0.1) is 5.82 Å². The SMILES string of the molecule is CNc1ncc(F)c(-c2ccc[nH]2)n1. The Morgan fingerprint density at radius 1 is 1.50 bits per heavy atom. The fourth-order valence-corrected chi connectivity index (χ4v) is 1.15. The van der Waals surface area contributed by atoms with Gasteiger partial charge in [0.2, 0.25) is 5.95 Å². The Labute approximate surface area is 80.2 Å². The van der Waals surface area contributed by atoms with Crippen molar-refractivity contribution in [3.05, 3.63) is 30.3 Å². The number of H-pyrrole nitrogens is 1. The number of hydrogen-bond donors (Lipinski definition) is 2. The molecule has 0 aliphatic heterocycles. The van der Waals surface area contributed by atoms with Crippen LogP contribution in [-0.2, 0) is 0 Å². The highest BCUT2D eigenvalue weighted by atomic mass is 19.1. The fraction of sp³-hybridized carbons (Fsp3) is 0.111. The smallest absolute Gasteiger partial charge is 0.223 e. The van der Waals surface area contributed by atoms with Crippen molar-refractivity contribution >= 4 is 5.95 Å². The summed E-state index contributed by atoms with van der Waals surface area (Å²) in [5, 5.41) is 2.75. The summed E-state index contributed by atoms with van der Waals surface area (Å²) in [7, 11) is 1.69. The molecule has 14 heavy (non-hydrogen) atoms. The predicted octanol–water partition coefficient (Wildman–Crippen LogP) is 1.65. The Bertz CT molecular complexity index is 424. The third-order valence-electron chi connectivity index (χ3n) is 1.82. The summed E-state index contributed by atoms with van der Waals surface area (Å²) in [5.41, 5.74) is 0.913. The van der Waals surface area contributed by atoms with Crippen LogP contribution in [0.2, 0.25) is 0 Å². The van der Waals surface area contributed by atoms with Crippen LogP contribution in [0.5, 0.6) is 0 Å². The van der Waals surface area contributed by atoms with E-state index in [1.165, 1.54) is 0 Å². The maximum absolute atomic E-state index is 13.3. The van der Waals surface area contributed by atoms with E-state index >= 15 is 0 Å². The van der Waals surface area contributed by atoms with E-state index in [-0.39, 0.29) is 5.69 Å². The molecule has 0 aromatic carbocycles. The highest BCUT2D eigenvalue weighted by Crippen LogP contribution is 2.18. The van der Waals surface area contributed by atoms with Crippen molar-refractivity contribution in [1.29, 1.82) is 0 Å². The standard InChI is InChI=1S/C9H9FN4/c1-11-9-13-5-6(10)8(14-9)7-3-2-4-12-7/h2-5,12H,1H3,(H,11,13,14). The van der Waals surface area contributed by atoms with Gasteiger partial charge in [0.15, 0.2) is 5.82 Å². The Hall–Kier alpha value is -1.91. The molecule has 2 aromatic rings. The molecule has 2 heterocycles. The van der Waals surface area contributed by atoms with Gasteiger partial charge < -0.3 is 10.3 Å². The van der Waals surface area contributed by atoms with Crippen LogP contribution >= 0.6 is 0 Å². The third-order valence-corrected chi connectivity index (χ3v) is 1.82. The van der Waals surface area contributed by atoms with Crippen LogP contribution in [0.3, 0.4) is 0 Å². The zero-order chi connectivity index (χ0) is 9.97. The van der Waals surface area contributed by atoms with Gasteiger partial charge in [-0.25, -0.2) is 14.4 Å². The Balaban J connectivity index is 2.51. The average Bonchev–Trinajstić information content (AvgIpc) is 2.71. The summed E-state index contributed by atoms with van der Waals surface area (Å²) in [6.07, 6.45) is 2.87. The van der Waals surface area contributed by atoms with Crippen molar-refractivity contribution in [2.45, 2.75) is 0 Å². The normalized spacial score (nSPS) is 10.1. The second kappa shape index (κ2) is 3.45. The second-order valence-electron chi connectivity index (χ2n) is 2.72. The van der Waals surface area contributed by atoms with E-state index in [9.17, 15) is 4.39 Å². The monoisotopic (exact) mass is 192 g/mol. The first-order chi connectivity index (χ1) is 6.81. The van der Waals surface area contributed by atoms with E-state index in [4.69, 9.17) is 0 Å². The van der Waals surface area contributed by atoms with Gasteiger partial charge in [-0.1, -0.05) is 0 Å². The van der Waals surface area contributed by atoms with Crippen molar-refractivity contribution in [1.82, 2.24) is 15.0 Å². The van der Waals surface area contributed by atoms with Crippen LogP contribution in [-0.4, -0.2) is 22.0 Å². The minimum atomic E-state index is -0.438. The number of aromatic amines is 1. The largest absolute Gasteiger partial charge is 0.360 e. The first-order valence-corrected chi connectivity index (χ1v) is 4.15. The molecule has 0 amide bonds. The van der Waals surface area contributed by atoms with Crippen molar-refractivity contribution in [3.63, 3.8) is 0 Å². The Morgan fingerprint density at radius 2 is 2.36 bits per heavy atom. The number of anilines is 1. The van der Waals surface area contributed by atoms with Gasteiger partial charge in [0, 0.05) is 13.2 Å². The molecule has 0 radical (unpaired) electrons. The van der Waals surface area contributed by atoms with Crippen LogP contribution < -0.4 is 5.32 Å². The van der Waals surface area contributed by atoms with Gasteiger partial charge in [-0.05, 0) is 12.1 Å². The topological polar surface area (TPSA) is 53.6 Å². The number of nitrogens with zero attached hydrogens (tertiary/aromatic N) is 2. The van der Waals surface area contributed by atoms with E-state index < -0.39 is 5.82 Å². The molecule has 2 N–H and O–H groups in total. The van der Waals surface area contributed by atoms with Gasteiger partial charge in [-0.3, -0.25) is 0 Å². The summed E-state index contributed by atoms with van der Waals surface area (Å²) in [6.45, 7) is 0. The minimum absolute atomic E-state index is 0.273. The summed E-state index contributed by atoms with van der Waals surface area (Å²) < 4.78 is 13.3. The molecule has 4 nitrogen and oxygen atoms in total. The summed E-state index contributed by atoms with van der Waals surface area (Å²) in [4.78, 5) is 10.6. The molecule has 5 heteroatoms. The van der Waals surface area contributed by atoms with Crippen molar-refractivity contribution < 1.29 is 4.39 Å². The molecule has 0 bridgehead atoms. The Kier molecular flexibility index (Phi) is 2.14. The summed E-state index contributed by atoms with van der Waals surface area (Å²) in [5.74, 6) is -0.0394. The molecule has 0 saturated carbocycles. The van der Waals surface area contributed by atoms with Crippen molar-refractivity contribution in [2.24, 2.45) is 0 Å². The molecule has 2 rings (SSSR count). The predicted molar refractivity (Wildman–Crippen MR) is 51.3 cm³/mol. The molecule has 2 aromatic heterocycles. The second-order valence-corrected chi connectivity index (χ2v) is 2.72. The lowest BCUT2D eigenvalue weighted by Gasteiger charge is -2.02. The zero-order valence-electron chi connectivity index (χ0n) is 7.58. The number of rotatable bonds is 2. The van der Waals surface area contributed by atoms with Crippen LogP contribution in [0.15, 0.2) is 24.5 Å². The van der Waals surface area contributed by atoms with Gasteiger partial charge in [0.1, 0.15) is 5.69 Å². The molecule has 0 aliphatic rings. The molecule has 0 atom stereocenters. The molecule has 0 unspecified atom stereocenters. The van der Waals surface area contributed by atoms with Gasteiger partial charge in [0.05, 0.1) is 11.9 Å². The molecule has 0 aliphatic carbocycles. The highest BCUT2D eigenvalue weighted by Gasteiger charge is 2.08. The molecular weight excluding hydrogens is 183 g/mol. The maximum atomic E-state index is 13.3.